The van der Waals surface area contributed by atoms with Gasteiger partial charge in [0.15, 0.2) is 5.82 Å². The number of unbranched alkanes of at least 4 members (excludes halogenated alkanes) is 1. The Bertz CT molecular complexity index is 1150. The van der Waals surface area contributed by atoms with Crippen LogP contribution in [0.15, 0.2) is 35.7 Å². The molecule has 0 aliphatic carbocycles. The molecule has 32 heavy (non-hydrogen) atoms. The lowest BCUT2D eigenvalue weighted by atomic mass is 10.1. The zero-order valence-electron chi connectivity index (χ0n) is 19.6. The minimum atomic E-state index is 0.532. The highest BCUT2D eigenvalue weighted by Gasteiger charge is 2.18. The normalized spacial score (nSPS) is 11.9. The predicted molar refractivity (Wildman–Crippen MR) is 137 cm³/mol. The fourth-order valence-corrected chi connectivity index (χ4v) is 5.33. The highest BCUT2D eigenvalue weighted by atomic mass is 32.1. The van der Waals surface area contributed by atoms with Crippen LogP contribution in [0.25, 0.3) is 21.3 Å². The molecule has 0 amide bonds. The minimum absolute atomic E-state index is 0.532. The van der Waals surface area contributed by atoms with Crippen molar-refractivity contribution in [3.8, 4) is 0 Å². The standard InChI is InChI=1S/C26H35N5S/c1-4-7-8-22-29-23-24(25-21(13-16-32-25)28-26(23)27)31(22)18-20-11-9-19(10-12-20)17-30(14-5-2)15-6-3/h9-13,16H,4-8,14-15,17-18H2,1-3H3,(H2,27,28). The summed E-state index contributed by atoms with van der Waals surface area (Å²) in [7, 11) is 0. The second kappa shape index (κ2) is 10.5. The summed E-state index contributed by atoms with van der Waals surface area (Å²) in [5.74, 6) is 1.64. The van der Waals surface area contributed by atoms with E-state index >= 15 is 0 Å². The molecule has 0 aliphatic rings. The Labute approximate surface area is 195 Å². The van der Waals surface area contributed by atoms with Crippen molar-refractivity contribution in [2.24, 2.45) is 0 Å². The van der Waals surface area contributed by atoms with Crippen molar-refractivity contribution < 1.29 is 0 Å². The topological polar surface area (TPSA) is 60.0 Å². The molecule has 3 heterocycles. The van der Waals surface area contributed by atoms with E-state index in [1.54, 1.807) is 11.3 Å². The molecular formula is C26H35N5S. The molecule has 0 spiro atoms. The summed E-state index contributed by atoms with van der Waals surface area (Å²) in [6.07, 6.45) is 5.61. The number of fused-ring (bicyclic) bond motifs is 3. The molecule has 0 fully saturated rings. The Balaban J connectivity index is 1.66. The maximum atomic E-state index is 6.31. The van der Waals surface area contributed by atoms with Gasteiger partial charge in [-0.2, -0.15) is 0 Å². The summed E-state index contributed by atoms with van der Waals surface area (Å²) >= 11 is 1.72. The van der Waals surface area contributed by atoms with Crippen LogP contribution in [0.5, 0.6) is 0 Å². The predicted octanol–water partition coefficient (Wildman–Crippen LogP) is 6.24. The van der Waals surface area contributed by atoms with E-state index in [0.717, 1.165) is 67.8 Å². The van der Waals surface area contributed by atoms with Gasteiger partial charge in [0.25, 0.3) is 0 Å². The van der Waals surface area contributed by atoms with E-state index < -0.39 is 0 Å². The number of hydrogen-bond donors (Lipinski definition) is 1. The fourth-order valence-electron chi connectivity index (χ4n) is 4.45. The van der Waals surface area contributed by atoms with Crippen molar-refractivity contribution in [1.29, 1.82) is 0 Å². The third-order valence-corrected chi connectivity index (χ3v) is 6.90. The molecule has 0 saturated heterocycles. The van der Waals surface area contributed by atoms with E-state index in [2.05, 4.69) is 64.9 Å². The average Bonchev–Trinajstić information content (AvgIpc) is 3.39. The van der Waals surface area contributed by atoms with Gasteiger partial charge in [-0.1, -0.05) is 51.5 Å². The number of nitrogens with two attached hydrogens (primary N) is 1. The summed E-state index contributed by atoms with van der Waals surface area (Å²) in [4.78, 5) is 12.1. The van der Waals surface area contributed by atoms with E-state index in [1.165, 1.54) is 28.7 Å². The molecule has 0 atom stereocenters. The molecule has 1 aromatic carbocycles. The van der Waals surface area contributed by atoms with Crippen molar-refractivity contribution in [3.63, 3.8) is 0 Å². The zero-order valence-corrected chi connectivity index (χ0v) is 20.4. The third-order valence-electron chi connectivity index (χ3n) is 5.99. The molecule has 0 aliphatic heterocycles. The number of nitrogen functional groups attached to an aromatic ring is 1. The molecule has 0 radical (unpaired) electrons. The first kappa shape index (κ1) is 22.7. The van der Waals surface area contributed by atoms with E-state index in [4.69, 9.17) is 10.7 Å². The van der Waals surface area contributed by atoms with E-state index in [-0.39, 0.29) is 0 Å². The number of benzene rings is 1. The van der Waals surface area contributed by atoms with Crippen LogP contribution in [-0.4, -0.2) is 32.5 Å². The Morgan fingerprint density at radius 2 is 1.66 bits per heavy atom. The van der Waals surface area contributed by atoms with Gasteiger partial charge in [-0.3, -0.25) is 4.90 Å². The number of nitrogens with zero attached hydrogens (tertiary/aromatic N) is 4. The molecule has 0 saturated carbocycles. The van der Waals surface area contributed by atoms with Crippen molar-refractivity contribution in [3.05, 3.63) is 52.7 Å². The van der Waals surface area contributed by atoms with Crippen molar-refractivity contribution in [1.82, 2.24) is 19.4 Å². The maximum Gasteiger partial charge on any atom is 0.152 e. The maximum absolute atomic E-state index is 6.31. The molecule has 170 valence electrons. The molecule has 0 bridgehead atoms. The van der Waals surface area contributed by atoms with Gasteiger partial charge in [0.05, 0.1) is 15.7 Å². The molecule has 0 unspecified atom stereocenters. The van der Waals surface area contributed by atoms with E-state index in [9.17, 15) is 0 Å². The van der Waals surface area contributed by atoms with Gasteiger partial charge >= 0.3 is 0 Å². The fraction of sp³-hybridized carbons (Fsp3) is 0.462. The first-order valence-electron chi connectivity index (χ1n) is 12.0. The highest BCUT2D eigenvalue weighted by molar-refractivity contribution is 7.18. The second-order valence-electron chi connectivity index (χ2n) is 8.64. The first-order chi connectivity index (χ1) is 15.6. The number of aromatic nitrogens is 3. The lowest BCUT2D eigenvalue weighted by molar-refractivity contribution is 0.266. The smallest absolute Gasteiger partial charge is 0.152 e. The Morgan fingerprint density at radius 1 is 0.938 bits per heavy atom. The number of rotatable bonds is 11. The number of pyridine rings is 1. The SMILES string of the molecule is CCCCc1nc2c(N)nc3ccsc3c2n1Cc1ccc(CN(CCC)CCC)cc1. The molecular weight excluding hydrogens is 414 g/mol. The lowest BCUT2D eigenvalue weighted by Gasteiger charge is -2.21. The molecule has 2 N–H and O–H groups in total. The summed E-state index contributed by atoms with van der Waals surface area (Å²) < 4.78 is 3.55. The molecule has 6 heteroatoms. The average molecular weight is 450 g/mol. The quantitative estimate of drug-likeness (QED) is 0.294. The van der Waals surface area contributed by atoms with Crippen LogP contribution in [0.3, 0.4) is 0 Å². The summed E-state index contributed by atoms with van der Waals surface area (Å²) in [6.45, 7) is 10.9. The minimum Gasteiger partial charge on any atom is -0.382 e. The van der Waals surface area contributed by atoms with Crippen molar-refractivity contribution >= 4 is 38.4 Å². The Hall–Kier alpha value is -2.44. The van der Waals surface area contributed by atoms with Crippen LogP contribution in [0.1, 0.15) is 63.4 Å². The van der Waals surface area contributed by atoms with Gasteiger partial charge in [-0.15, -0.1) is 11.3 Å². The van der Waals surface area contributed by atoms with Crippen LogP contribution in [0, 0.1) is 0 Å². The second-order valence-corrected chi connectivity index (χ2v) is 9.56. The zero-order chi connectivity index (χ0) is 22.5. The highest BCUT2D eigenvalue weighted by Crippen LogP contribution is 2.33. The number of anilines is 1. The first-order valence-corrected chi connectivity index (χ1v) is 12.8. The van der Waals surface area contributed by atoms with Crippen LogP contribution in [0.2, 0.25) is 0 Å². The molecule has 4 rings (SSSR count). The van der Waals surface area contributed by atoms with E-state index in [1.807, 2.05) is 6.07 Å². The van der Waals surface area contributed by atoms with Crippen LogP contribution < -0.4 is 5.73 Å². The number of aryl methyl sites for hydroxylation is 1. The van der Waals surface area contributed by atoms with Crippen molar-refractivity contribution in [2.75, 3.05) is 18.8 Å². The number of hydrogen-bond acceptors (Lipinski definition) is 5. The summed E-state index contributed by atoms with van der Waals surface area (Å²) in [5.41, 5.74) is 11.9. The number of thiophene rings is 1. The van der Waals surface area contributed by atoms with Gasteiger partial charge in [0, 0.05) is 19.5 Å². The van der Waals surface area contributed by atoms with Gasteiger partial charge in [-0.25, -0.2) is 9.97 Å². The van der Waals surface area contributed by atoms with Crippen molar-refractivity contribution in [2.45, 2.75) is 66.0 Å². The molecule has 3 aromatic heterocycles. The van der Waals surface area contributed by atoms with Gasteiger partial charge in [0.1, 0.15) is 11.3 Å². The van der Waals surface area contributed by atoms with Gasteiger partial charge in [0.2, 0.25) is 0 Å². The van der Waals surface area contributed by atoms with Gasteiger partial charge in [-0.05, 0) is 54.9 Å². The third kappa shape index (κ3) is 4.81. The van der Waals surface area contributed by atoms with E-state index in [0.29, 0.717) is 5.82 Å². The number of imidazole rings is 1. The molecule has 4 aromatic rings. The lowest BCUT2D eigenvalue weighted by Crippen LogP contribution is -2.24. The Morgan fingerprint density at radius 3 is 2.34 bits per heavy atom. The summed E-state index contributed by atoms with van der Waals surface area (Å²) in [6, 6.07) is 11.2. The van der Waals surface area contributed by atoms with Crippen LogP contribution in [0.4, 0.5) is 5.82 Å². The monoisotopic (exact) mass is 449 g/mol. The van der Waals surface area contributed by atoms with Crippen LogP contribution in [-0.2, 0) is 19.5 Å². The van der Waals surface area contributed by atoms with Crippen LogP contribution >= 0.6 is 11.3 Å². The summed E-state index contributed by atoms with van der Waals surface area (Å²) in [5, 5.41) is 2.09. The Kier molecular flexibility index (Phi) is 7.43. The van der Waals surface area contributed by atoms with Gasteiger partial charge < -0.3 is 10.3 Å². The molecule has 5 nitrogen and oxygen atoms in total. The largest absolute Gasteiger partial charge is 0.382 e.